The topological polar surface area (TPSA) is 16.4 Å². The van der Waals surface area contributed by atoms with Gasteiger partial charge < -0.3 is 9.32 Å². The fraction of sp³-hybridized carbons (Fsp3) is 0. The maximum absolute atomic E-state index is 6.51. The summed E-state index contributed by atoms with van der Waals surface area (Å²) in [5, 5.41) is 4.53. The Kier molecular flexibility index (Phi) is 9.06. The van der Waals surface area contributed by atoms with Crippen molar-refractivity contribution < 1.29 is 4.42 Å². The van der Waals surface area contributed by atoms with Gasteiger partial charge >= 0.3 is 0 Å². The highest BCUT2D eigenvalue weighted by atomic mass is 16.3. The number of furan rings is 1. The third-order valence-corrected chi connectivity index (χ3v) is 11.0. The van der Waals surface area contributed by atoms with Crippen molar-refractivity contribution in [2.45, 2.75) is 0 Å². The van der Waals surface area contributed by atoms with Gasteiger partial charge in [-0.3, -0.25) is 0 Å². The van der Waals surface area contributed by atoms with Gasteiger partial charge in [0.25, 0.3) is 0 Å². The van der Waals surface area contributed by atoms with Crippen molar-refractivity contribution in [1.29, 1.82) is 0 Å². The van der Waals surface area contributed by atoms with Gasteiger partial charge in [-0.1, -0.05) is 170 Å². The van der Waals surface area contributed by atoms with Crippen LogP contribution in [0.5, 0.6) is 0 Å². The van der Waals surface area contributed by atoms with Crippen molar-refractivity contribution in [3.63, 3.8) is 0 Å². The quantitative estimate of drug-likeness (QED) is 0.137. The molecule has 0 saturated carbocycles. The van der Waals surface area contributed by atoms with Crippen LogP contribution in [-0.2, 0) is 0 Å². The Morgan fingerprint density at radius 3 is 1.91 bits per heavy atom. The van der Waals surface area contributed by atoms with Crippen molar-refractivity contribution >= 4 is 55.8 Å². The fourth-order valence-electron chi connectivity index (χ4n) is 8.15. The third-order valence-electron chi connectivity index (χ3n) is 11.0. The Labute approximate surface area is 338 Å². The number of rotatable bonds is 9. The molecular formula is C56H39NO. The standard InChI is InChI=1S/C56H39NO/c1-2-3-14-39-15-11-19-43(35-39)45-21-12-20-44(36-45)41-27-31-48(32-28-41)57(49-23-13-22-46(37-49)40-16-5-4-6-17-40)54-26-10-9-24-50(54)47-30-34-55-53(38-47)52-33-29-42-18-7-8-25-51(42)56(52)58-55/h2-38H,1H2/b14-3-. The number of hydrogen-bond acceptors (Lipinski definition) is 2. The maximum Gasteiger partial charge on any atom is 0.143 e. The van der Waals surface area contributed by atoms with Crippen LogP contribution in [0.2, 0.25) is 0 Å². The van der Waals surface area contributed by atoms with Gasteiger partial charge in [0.1, 0.15) is 11.2 Å². The molecule has 0 aliphatic rings. The predicted octanol–water partition coefficient (Wildman–Crippen LogP) is 16.1. The Bertz CT molecular complexity index is 3130. The lowest BCUT2D eigenvalue weighted by atomic mass is 9.97. The SMILES string of the molecule is C=C/C=C\c1cccc(-c2cccc(-c3ccc(N(c4cccc(-c5ccccc5)c4)c4ccccc4-c4ccc5oc6c7ccccc7ccc6c5c4)cc3)c2)c1. The third kappa shape index (κ3) is 6.57. The molecule has 0 aliphatic carbocycles. The van der Waals surface area contributed by atoms with Gasteiger partial charge in [-0.25, -0.2) is 0 Å². The Hall–Kier alpha value is -7.68. The molecule has 0 atom stereocenters. The largest absolute Gasteiger partial charge is 0.455 e. The van der Waals surface area contributed by atoms with E-state index in [0.717, 1.165) is 72.2 Å². The average Bonchev–Trinajstić information content (AvgIpc) is 3.68. The first-order valence-corrected chi connectivity index (χ1v) is 19.7. The van der Waals surface area contributed by atoms with Gasteiger partial charge in [-0.2, -0.15) is 0 Å². The number of anilines is 3. The first kappa shape index (κ1) is 34.8. The molecule has 0 radical (unpaired) electrons. The van der Waals surface area contributed by atoms with Crippen LogP contribution in [0, 0.1) is 0 Å². The summed E-state index contributed by atoms with van der Waals surface area (Å²) in [6.07, 6.45) is 5.86. The Morgan fingerprint density at radius 2 is 1.07 bits per heavy atom. The van der Waals surface area contributed by atoms with Crippen LogP contribution in [0.1, 0.15) is 5.56 Å². The molecule has 0 amide bonds. The maximum atomic E-state index is 6.51. The Morgan fingerprint density at radius 1 is 0.414 bits per heavy atom. The Balaban J connectivity index is 1.08. The molecular weight excluding hydrogens is 703 g/mol. The van der Waals surface area contributed by atoms with Crippen LogP contribution in [-0.4, -0.2) is 0 Å². The lowest BCUT2D eigenvalue weighted by molar-refractivity contribution is 0.672. The number of allylic oxidation sites excluding steroid dienone is 2. The summed E-state index contributed by atoms with van der Waals surface area (Å²) in [4.78, 5) is 2.38. The van der Waals surface area contributed by atoms with Crippen molar-refractivity contribution in [2.24, 2.45) is 0 Å². The summed E-state index contributed by atoms with van der Waals surface area (Å²) in [6, 6.07) is 73.9. The summed E-state index contributed by atoms with van der Waals surface area (Å²) in [7, 11) is 0. The second-order valence-corrected chi connectivity index (χ2v) is 14.6. The number of para-hydroxylation sites is 1. The minimum absolute atomic E-state index is 0.886. The van der Waals surface area contributed by atoms with Crippen molar-refractivity contribution in [2.75, 3.05) is 4.90 Å². The van der Waals surface area contributed by atoms with Crippen LogP contribution in [0.15, 0.2) is 229 Å². The molecule has 0 unspecified atom stereocenters. The zero-order valence-electron chi connectivity index (χ0n) is 31.9. The van der Waals surface area contributed by atoms with Crippen LogP contribution in [0.25, 0.3) is 83.3 Å². The highest BCUT2D eigenvalue weighted by Gasteiger charge is 2.19. The average molecular weight is 742 g/mol. The van der Waals surface area contributed by atoms with E-state index in [4.69, 9.17) is 4.42 Å². The molecule has 0 spiro atoms. The number of nitrogens with zero attached hydrogens (tertiary/aromatic N) is 1. The minimum atomic E-state index is 0.886. The first-order valence-electron chi connectivity index (χ1n) is 19.7. The fourth-order valence-corrected chi connectivity index (χ4v) is 8.15. The summed E-state index contributed by atoms with van der Waals surface area (Å²) in [5.74, 6) is 0. The van der Waals surface area contributed by atoms with E-state index in [1.165, 1.54) is 27.6 Å². The highest BCUT2D eigenvalue weighted by Crippen LogP contribution is 2.44. The van der Waals surface area contributed by atoms with Gasteiger partial charge in [0, 0.05) is 33.1 Å². The molecule has 274 valence electrons. The van der Waals surface area contributed by atoms with Crippen molar-refractivity contribution in [3.05, 3.63) is 231 Å². The van der Waals surface area contributed by atoms with Crippen LogP contribution in [0.3, 0.4) is 0 Å². The van der Waals surface area contributed by atoms with Gasteiger partial charge in [0.15, 0.2) is 0 Å². The molecule has 0 aliphatic heterocycles. The summed E-state index contributed by atoms with van der Waals surface area (Å²) in [5.41, 5.74) is 15.5. The van der Waals surface area contributed by atoms with Gasteiger partial charge in [-0.15, -0.1) is 0 Å². The van der Waals surface area contributed by atoms with E-state index in [2.05, 4.69) is 224 Å². The van der Waals surface area contributed by atoms with Crippen molar-refractivity contribution in [1.82, 2.24) is 0 Å². The number of benzene rings is 9. The lowest BCUT2D eigenvalue weighted by Crippen LogP contribution is -2.11. The van der Waals surface area contributed by atoms with Crippen molar-refractivity contribution in [3.8, 4) is 44.5 Å². The molecule has 0 saturated heterocycles. The minimum Gasteiger partial charge on any atom is -0.455 e. The molecule has 10 aromatic rings. The van der Waals surface area contributed by atoms with Crippen LogP contribution in [0.4, 0.5) is 17.1 Å². The zero-order chi connectivity index (χ0) is 38.8. The van der Waals surface area contributed by atoms with Crippen LogP contribution >= 0.6 is 0 Å². The molecule has 9 aromatic carbocycles. The van der Waals surface area contributed by atoms with E-state index in [-0.39, 0.29) is 0 Å². The molecule has 58 heavy (non-hydrogen) atoms. The monoisotopic (exact) mass is 741 g/mol. The van der Waals surface area contributed by atoms with E-state index in [1.807, 2.05) is 6.08 Å². The molecule has 0 fully saturated rings. The van der Waals surface area contributed by atoms with Gasteiger partial charge in [0.2, 0.25) is 0 Å². The van der Waals surface area contributed by atoms with E-state index >= 15 is 0 Å². The number of fused-ring (bicyclic) bond motifs is 5. The normalized spacial score (nSPS) is 11.4. The second-order valence-electron chi connectivity index (χ2n) is 14.6. The molecule has 1 aromatic heterocycles. The summed E-state index contributed by atoms with van der Waals surface area (Å²) < 4.78 is 6.51. The number of hydrogen-bond donors (Lipinski definition) is 0. The molecule has 1 heterocycles. The second kappa shape index (κ2) is 15.1. The summed E-state index contributed by atoms with van der Waals surface area (Å²) in [6.45, 7) is 3.82. The summed E-state index contributed by atoms with van der Waals surface area (Å²) >= 11 is 0. The van der Waals surface area contributed by atoms with E-state index in [9.17, 15) is 0 Å². The zero-order valence-corrected chi connectivity index (χ0v) is 31.9. The highest BCUT2D eigenvalue weighted by molar-refractivity contribution is 6.15. The molecule has 2 nitrogen and oxygen atoms in total. The smallest absolute Gasteiger partial charge is 0.143 e. The van der Waals surface area contributed by atoms with Gasteiger partial charge in [0.05, 0.1) is 5.69 Å². The van der Waals surface area contributed by atoms with E-state index in [1.54, 1.807) is 6.08 Å². The van der Waals surface area contributed by atoms with Crippen LogP contribution < -0.4 is 4.90 Å². The molecule has 0 N–H and O–H groups in total. The molecule has 2 heteroatoms. The predicted molar refractivity (Wildman–Crippen MR) is 247 cm³/mol. The first-order chi connectivity index (χ1) is 28.7. The molecule has 10 rings (SSSR count). The van der Waals surface area contributed by atoms with Gasteiger partial charge in [-0.05, 0) is 111 Å². The van der Waals surface area contributed by atoms with E-state index < -0.39 is 0 Å². The van der Waals surface area contributed by atoms with E-state index in [0.29, 0.717) is 0 Å². The molecule has 0 bridgehead atoms. The lowest BCUT2D eigenvalue weighted by Gasteiger charge is -2.28.